The normalized spacial score (nSPS) is 9.36. The lowest BCUT2D eigenvalue weighted by Crippen LogP contribution is -2.34. The predicted molar refractivity (Wildman–Crippen MR) is 34.4 cm³/mol. The molecular weight excluding hydrogens is 154 g/mol. The molecule has 0 spiro atoms. The van der Waals surface area contributed by atoms with Crippen molar-refractivity contribution < 1.29 is 24.5 Å². The van der Waals surface area contributed by atoms with Crippen molar-refractivity contribution in [1.29, 1.82) is 0 Å². The van der Waals surface area contributed by atoms with E-state index in [4.69, 9.17) is 10.2 Å². The van der Waals surface area contributed by atoms with E-state index >= 15 is 0 Å². The van der Waals surface area contributed by atoms with E-state index < -0.39 is 19.6 Å². The largest absolute Gasteiger partial charge is 0.422 e. The van der Waals surface area contributed by atoms with Gasteiger partial charge >= 0.3 is 6.09 Å². The van der Waals surface area contributed by atoms with Gasteiger partial charge in [-0.15, -0.1) is 0 Å². The molecule has 0 bridgehead atoms. The van der Waals surface area contributed by atoms with E-state index in [2.05, 4.69) is 9.47 Å². The predicted octanol–water partition coefficient (Wildman–Crippen LogP) is -1.07. The summed E-state index contributed by atoms with van der Waals surface area (Å²) < 4.78 is 8.70. The molecule has 0 aromatic heterocycles. The van der Waals surface area contributed by atoms with E-state index in [0.717, 1.165) is 4.90 Å². The summed E-state index contributed by atoms with van der Waals surface area (Å²) in [6.45, 7) is -1.29. The smallest absolute Gasteiger partial charge is 0.415 e. The molecule has 2 N–H and O–H groups in total. The van der Waals surface area contributed by atoms with Gasteiger partial charge in [-0.3, -0.25) is 4.90 Å². The lowest BCUT2D eigenvalue weighted by atomic mass is 10.8. The summed E-state index contributed by atoms with van der Waals surface area (Å²) in [5.74, 6) is 0. The molecule has 0 aliphatic rings. The van der Waals surface area contributed by atoms with Crippen molar-refractivity contribution in [3.05, 3.63) is 0 Å². The lowest BCUT2D eigenvalue weighted by Gasteiger charge is -2.16. The minimum absolute atomic E-state index is 0.0741. The zero-order valence-electron chi connectivity index (χ0n) is 6.19. The number of nitrogens with zero attached hydrogens (tertiary/aromatic N) is 1. The van der Waals surface area contributed by atoms with Crippen molar-refractivity contribution in [1.82, 2.24) is 4.90 Å². The molecule has 11 heavy (non-hydrogen) atoms. The van der Waals surface area contributed by atoms with Gasteiger partial charge in [0.2, 0.25) is 0 Å². The van der Waals surface area contributed by atoms with E-state index in [1.54, 1.807) is 0 Å². The van der Waals surface area contributed by atoms with E-state index in [9.17, 15) is 4.79 Å². The van der Waals surface area contributed by atoms with Crippen LogP contribution in [0.5, 0.6) is 0 Å². The summed E-state index contributed by atoms with van der Waals surface area (Å²) in [5, 5.41) is 16.7. The summed E-state index contributed by atoms with van der Waals surface area (Å²) in [4.78, 5) is 11.5. The highest BCUT2D eigenvalue weighted by atomic mass is 16.6. The van der Waals surface area contributed by atoms with Crippen molar-refractivity contribution in [3.63, 3.8) is 0 Å². The Kier molecular flexibility index (Phi) is 5.44. The Morgan fingerprint density at radius 1 is 1.55 bits per heavy atom. The third-order valence-corrected chi connectivity index (χ3v) is 0.902. The van der Waals surface area contributed by atoms with Gasteiger partial charge in [0.1, 0.15) is 13.5 Å². The Hall–Kier alpha value is -0.850. The first-order valence-electron chi connectivity index (χ1n) is 2.88. The molecule has 0 aromatic rings. The third-order valence-electron chi connectivity index (χ3n) is 0.902. The Morgan fingerprint density at radius 3 is 2.55 bits per heavy atom. The second kappa shape index (κ2) is 5.90. The highest BCUT2D eigenvalue weighted by Crippen LogP contribution is 1.91. The van der Waals surface area contributed by atoms with Crippen LogP contribution >= 0.6 is 0 Å². The monoisotopic (exact) mass is 165 g/mol. The molecule has 66 valence electrons. The first-order valence-corrected chi connectivity index (χ1v) is 2.88. The number of aliphatic hydroxyl groups is 2. The van der Waals surface area contributed by atoms with Crippen molar-refractivity contribution in [2.24, 2.45) is 0 Å². The van der Waals surface area contributed by atoms with Crippen LogP contribution < -0.4 is 0 Å². The summed E-state index contributed by atoms with van der Waals surface area (Å²) in [6, 6.07) is 0. The number of carbonyl (C=O) groups excluding carboxylic acids is 1. The van der Waals surface area contributed by atoms with E-state index in [1.165, 1.54) is 7.11 Å². The van der Waals surface area contributed by atoms with Crippen LogP contribution in [0.25, 0.3) is 0 Å². The molecule has 0 aliphatic heterocycles. The molecule has 0 aliphatic carbocycles. The Morgan fingerprint density at radius 2 is 2.18 bits per heavy atom. The standard InChI is InChI=1S/C5H11NO5/c1-10-3-6(2-7)5(9)11-4-8/h7-8H,2-4H2,1H3. The van der Waals surface area contributed by atoms with Gasteiger partial charge in [0.15, 0.2) is 6.79 Å². The molecule has 0 heterocycles. The Balaban J connectivity index is 3.71. The number of rotatable bonds is 4. The van der Waals surface area contributed by atoms with Crippen LogP contribution in [-0.4, -0.2) is 48.6 Å². The van der Waals surface area contributed by atoms with Gasteiger partial charge in [0.05, 0.1) is 0 Å². The number of aliphatic hydroxyl groups excluding tert-OH is 2. The van der Waals surface area contributed by atoms with Gasteiger partial charge in [-0.25, -0.2) is 4.79 Å². The average Bonchev–Trinajstić information content (AvgIpc) is 2.00. The van der Waals surface area contributed by atoms with Crippen LogP contribution in [0, 0.1) is 0 Å². The molecule has 0 aromatic carbocycles. The molecule has 0 unspecified atom stereocenters. The fourth-order valence-electron chi connectivity index (χ4n) is 0.454. The highest BCUT2D eigenvalue weighted by molar-refractivity contribution is 5.67. The highest BCUT2D eigenvalue weighted by Gasteiger charge is 2.11. The van der Waals surface area contributed by atoms with Crippen molar-refractivity contribution in [2.45, 2.75) is 0 Å². The number of hydrogen-bond acceptors (Lipinski definition) is 5. The fourth-order valence-corrected chi connectivity index (χ4v) is 0.454. The molecule has 0 radical (unpaired) electrons. The zero-order valence-corrected chi connectivity index (χ0v) is 6.19. The van der Waals surface area contributed by atoms with Gasteiger partial charge < -0.3 is 19.7 Å². The average molecular weight is 165 g/mol. The van der Waals surface area contributed by atoms with Gasteiger partial charge in [0.25, 0.3) is 0 Å². The van der Waals surface area contributed by atoms with Crippen LogP contribution in [0.4, 0.5) is 4.79 Å². The summed E-state index contributed by atoms with van der Waals surface area (Å²) in [7, 11) is 1.37. The Labute approximate surface area is 63.9 Å². The van der Waals surface area contributed by atoms with Gasteiger partial charge in [-0.05, 0) is 0 Å². The zero-order chi connectivity index (χ0) is 8.69. The lowest BCUT2D eigenvalue weighted by molar-refractivity contribution is -0.0262. The van der Waals surface area contributed by atoms with Crippen molar-refractivity contribution in [3.8, 4) is 0 Å². The van der Waals surface area contributed by atoms with Crippen LogP contribution in [0.15, 0.2) is 0 Å². The second-order valence-electron chi connectivity index (χ2n) is 1.64. The maximum absolute atomic E-state index is 10.7. The number of methoxy groups -OCH3 is 1. The van der Waals surface area contributed by atoms with Gasteiger partial charge in [0, 0.05) is 7.11 Å². The van der Waals surface area contributed by atoms with E-state index in [-0.39, 0.29) is 6.73 Å². The number of hydrogen-bond donors (Lipinski definition) is 2. The Bertz CT molecular complexity index is 117. The molecule has 1 amide bonds. The summed E-state index contributed by atoms with van der Waals surface area (Å²) in [5.41, 5.74) is 0. The van der Waals surface area contributed by atoms with Crippen molar-refractivity contribution in [2.75, 3.05) is 27.4 Å². The number of amides is 1. The third kappa shape index (κ3) is 3.76. The molecule has 6 nitrogen and oxygen atoms in total. The van der Waals surface area contributed by atoms with Crippen molar-refractivity contribution >= 4 is 6.09 Å². The van der Waals surface area contributed by atoms with Crippen LogP contribution in [0.1, 0.15) is 0 Å². The second-order valence-corrected chi connectivity index (χ2v) is 1.64. The van der Waals surface area contributed by atoms with Crippen LogP contribution in [0.2, 0.25) is 0 Å². The summed E-state index contributed by atoms with van der Waals surface area (Å²) in [6.07, 6.45) is -0.822. The molecular formula is C5H11NO5. The minimum atomic E-state index is -0.822. The number of ether oxygens (including phenoxy) is 2. The molecule has 6 heteroatoms. The van der Waals surface area contributed by atoms with Crippen LogP contribution in [-0.2, 0) is 9.47 Å². The molecule has 0 fully saturated rings. The molecule has 0 saturated carbocycles. The summed E-state index contributed by atoms with van der Waals surface area (Å²) >= 11 is 0. The van der Waals surface area contributed by atoms with Gasteiger partial charge in [-0.2, -0.15) is 0 Å². The number of carbonyl (C=O) groups is 1. The van der Waals surface area contributed by atoms with E-state index in [1.807, 2.05) is 0 Å². The maximum atomic E-state index is 10.7. The first-order chi connectivity index (χ1) is 5.26. The molecule has 0 saturated heterocycles. The van der Waals surface area contributed by atoms with Gasteiger partial charge in [-0.1, -0.05) is 0 Å². The molecule has 0 atom stereocenters. The first kappa shape index (κ1) is 10.2. The van der Waals surface area contributed by atoms with E-state index in [0.29, 0.717) is 0 Å². The fraction of sp³-hybridized carbons (Fsp3) is 0.800. The maximum Gasteiger partial charge on any atom is 0.415 e. The SMILES string of the molecule is COCN(CO)C(=O)OCO. The van der Waals surface area contributed by atoms with Crippen LogP contribution in [0.3, 0.4) is 0 Å². The topological polar surface area (TPSA) is 79.2 Å². The quantitative estimate of drug-likeness (QED) is 0.518. The molecule has 0 rings (SSSR count). The minimum Gasteiger partial charge on any atom is -0.422 e.